The van der Waals surface area contributed by atoms with E-state index in [1.165, 1.54) is 6.33 Å². The van der Waals surface area contributed by atoms with Crippen LogP contribution >= 0.6 is 0 Å². The molecule has 2 aliphatic rings. The molecule has 1 aromatic heterocycles. The van der Waals surface area contributed by atoms with Crippen LogP contribution in [-0.2, 0) is 4.79 Å². The number of nitrogens with one attached hydrogen (secondary N) is 2. The first-order valence-corrected chi connectivity index (χ1v) is 6.59. The first-order chi connectivity index (χ1) is 9.26. The first-order valence-electron chi connectivity index (χ1n) is 6.59. The van der Waals surface area contributed by atoms with E-state index < -0.39 is 0 Å². The number of hydrazine groups is 1. The predicted molar refractivity (Wildman–Crippen MR) is 71.3 cm³/mol. The minimum Gasteiger partial charge on any atom is -0.356 e. The molecule has 0 saturated carbocycles. The van der Waals surface area contributed by atoms with Gasteiger partial charge in [-0.1, -0.05) is 0 Å². The molecule has 0 aromatic carbocycles. The summed E-state index contributed by atoms with van der Waals surface area (Å²) in [5.41, 5.74) is 2.53. The minimum absolute atomic E-state index is 0.186. The fourth-order valence-corrected chi connectivity index (χ4v) is 2.92. The lowest BCUT2D eigenvalue weighted by Crippen LogP contribution is -2.54. The Balaban J connectivity index is 1.72. The summed E-state index contributed by atoms with van der Waals surface area (Å²) in [6.45, 7) is 1.81. The van der Waals surface area contributed by atoms with Gasteiger partial charge >= 0.3 is 0 Å². The van der Waals surface area contributed by atoms with E-state index in [4.69, 9.17) is 5.84 Å². The van der Waals surface area contributed by atoms with Crippen LogP contribution in [0.4, 0.5) is 11.6 Å². The summed E-state index contributed by atoms with van der Waals surface area (Å²) in [7, 11) is 0. The molecule has 0 bridgehead atoms. The van der Waals surface area contributed by atoms with Gasteiger partial charge in [0.05, 0.1) is 0 Å². The van der Waals surface area contributed by atoms with E-state index in [2.05, 4.69) is 25.6 Å². The van der Waals surface area contributed by atoms with E-state index in [9.17, 15) is 4.79 Å². The zero-order chi connectivity index (χ0) is 13.2. The van der Waals surface area contributed by atoms with Gasteiger partial charge < -0.3 is 15.6 Å². The van der Waals surface area contributed by atoms with Gasteiger partial charge in [-0.25, -0.2) is 15.8 Å². The SMILES string of the molecule is NNc1cc(N2CCC3NC(=O)CCC3C2)ncn1. The third kappa shape index (κ3) is 2.46. The normalized spacial score (nSPS) is 26.6. The standard InChI is InChI=1S/C12H18N6O/c13-17-10-5-11(15-7-14-10)18-4-3-9-8(6-18)1-2-12(19)16-9/h5,7-9H,1-4,6,13H2,(H,16,19)(H,14,15,17). The highest BCUT2D eigenvalue weighted by Crippen LogP contribution is 2.28. The van der Waals surface area contributed by atoms with E-state index in [0.29, 0.717) is 24.2 Å². The number of anilines is 2. The largest absolute Gasteiger partial charge is 0.356 e. The van der Waals surface area contributed by atoms with Crippen molar-refractivity contribution in [2.24, 2.45) is 11.8 Å². The van der Waals surface area contributed by atoms with Crippen LogP contribution in [0.2, 0.25) is 0 Å². The van der Waals surface area contributed by atoms with Gasteiger partial charge in [0.1, 0.15) is 18.0 Å². The molecule has 19 heavy (non-hydrogen) atoms. The van der Waals surface area contributed by atoms with E-state index in [-0.39, 0.29) is 5.91 Å². The second-order valence-electron chi connectivity index (χ2n) is 5.11. The molecule has 4 N–H and O–H groups in total. The highest BCUT2D eigenvalue weighted by atomic mass is 16.1. The maximum Gasteiger partial charge on any atom is 0.220 e. The van der Waals surface area contributed by atoms with Gasteiger partial charge in [-0.2, -0.15) is 0 Å². The average Bonchev–Trinajstić information content (AvgIpc) is 2.46. The molecule has 7 heteroatoms. The highest BCUT2D eigenvalue weighted by Gasteiger charge is 2.34. The van der Waals surface area contributed by atoms with Gasteiger partial charge in [0, 0.05) is 31.6 Å². The molecule has 7 nitrogen and oxygen atoms in total. The lowest BCUT2D eigenvalue weighted by Gasteiger charge is -2.41. The lowest BCUT2D eigenvalue weighted by atomic mass is 9.85. The molecule has 0 radical (unpaired) electrons. The number of carbonyl (C=O) groups is 1. The van der Waals surface area contributed by atoms with Gasteiger partial charge in [0.15, 0.2) is 0 Å². The van der Waals surface area contributed by atoms with E-state index in [1.807, 2.05) is 6.07 Å². The number of rotatable bonds is 2. The van der Waals surface area contributed by atoms with Crippen LogP contribution in [0.25, 0.3) is 0 Å². The Morgan fingerprint density at radius 3 is 3.16 bits per heavy atom. The number of nitrogens with zero attached hydrogens (tertiary/aromatic N) is 3. The molecule has 2 saturated heterocycles. The quantitative estimate of drug-likeness (QED) is 0.507. The van der Waals surface area contributed by atoms with Gasteiger partial charge in [-0.05, 0) is 18.8 Å². The summed E-state index contributed by atoms with van der Waals surface area (Å²) in [6, 6.07) is 2.17. The van der Waals surface area contributed by atoms with Crippen LogP contribution in [0, 0.1) is 5.92 Å². The predicted octanol–water partition coefficient (Wildman–Crippen LogP) is -0.133. The molecule has 0 spiro atoms. The van der Waals surface area contributed by atoms with Crippen molar-refractivity contribution < 1.29 is 4.79 Å². The van der Waals surface area contributed by atoms with Crippen molar-refractivity contribution in [2.45, 2.75) is 25.3 Å². The van der Waals surface area contributed by atoms with Crippen molar-refractivity contribution >= 4 is 17.5 Å². The molecule has 2 atom stereocenters. The monoisotopic (exact) mass is 262 g/mol. The number of piperidine rings is 2. The topological polar surface area (TPSA) is 96.2 Å². The van der Waals surface area contributed by atoms with Crippen molar-refractivity contribution in [3.05, 3.63) is 12.4 Å². The summed E-state index contributed by atoms with van der Waals surface area (Å²) < 4.78 is 0. The third-order valence-electron chi connectivity index (χ3n) is 3.95. The molecule has 102 valence electrons. The average molecular weight is 262 g/mol. The number of aromatic nitrogens is 2. The molecule has 2 unspecified atom stereocenters. The van der Waals surface area contributed by atoms with Gasteiger partial charge in [-0.15, -0.1) is 0 Å². The summed E-state index contributed by atoms with van der Waals surface area (Å²) in [6.07, 6.45) is 4.07. The van der Waals surface area contributed by atoms with Crippen LogP contribution in [0.1, 0.15) is 19.3 Å². The number of hydrogen-bond acceptors (Lipinski definition) is 6. The molecule has 2 aliphatic heterocycles. The van der Waals surface area contributed by atoms with Gasteiger partial charge in [0.2, 0.25) is 5.91 Å². The molecule has 0 aliphatic carbocycles. The first kappa shape index (κ1) is 12.2. The van der Waals surface area contributed by atoms with Crippen molar-refractivity contribution in [1.82, 2.24) is 15.3 Å². The zero-order valence-corrected chi connectivity index (χ0v) is 10.7. The van der Waals surface area contributed by atoms with Crippen LogP contribution < -0.4 is 21.5 Å². The Hall–Kier alpha value is -1.89. The van der Waals surface area contributed by atoms with Crippen molar-refractivity contribution in [3.63, 3.8) is 0 Å². The van der Waals surface area contributed by atoms with Gasteiger partial charge in [-0.3, -0.25) is 4.79 Å². The number of fused-ring (bicyclic) bond motifs is 1. The maximum absolute atomic E-state index is 11.4. The molecule has 3 heterocycles. The van der Waals surface area contributed by atoms with Crippen molar-refractivity contribution in [2.75, 3.05) is 23.4 Å². The molecular weight excluding hydrogens is 244 g/mol. The summed E-state index contributed by atoms with van der Waals surface area (Å²) in [5, 5.41) is 3.08. The van der Waals surface area contributed by atoms with Crippen molar-refractivity contribution in [3.8, 4) is 0 Å². The Morgan fingerprint density at radius 2 is 2.32 bits per heavy atom. The number of amides is 1. The maximum atomic E-state index is 11.4. The summed E-state index contributed by atoms with van der Waals surface area (Å²) in [5.74, 6) is 7.56. The highest BCUT2D eigenvalue weighted by molar-refractivity contribution is 5.77. The van der Waals surface area contributed by atoms with Crippen LogP contribution in [-0.4, -0.2) is 35.0 Å². The summed E-state index contributed by atoms with van der Waals surface area (Å²) >= 11 is 0. The molecule has 2 fully saturated rings. The second kappa shape index (κ2) is 5.00. The number of carbonyl (C=O) groups excluding carboxylic acids is 1. The van der Waals surface area contributed by atoms with Crippen molar-refractivity contribution in [1.29, 1.82) is 0 Å². The fourth-order valence-electron chi connectivity index (χ4n) is 2.92. The van der Waals surface area contributed by atoms with Crippen LogP contribution in [0.15, 0.2) is 12.4 Å². The molecule has 3 rings (SSSR count). The Labute approximate surface area is 111 Å². The van der Waals surface area contributed by atoms with Crippen LogP contribution in [0.3, 0.4) is 0 Å². The fraction of sp³-hybridized carbons (Fsp3) is 0.583. The number of hydrogen-bond donors (Lipinski definition) is 3. The molecule has 1 amide bonds. The van der Waals surface area contributed by atoms with E-state index in [0.717, 1.165) is 31.7 Å². The number of nitrogens with two attached hydrogens (primary N) is 1. The van der Waals surface area contributed by atoms with Gasteiger partial charge in [0.25, 0.3) is 0 Å². The Kier molecular flexibility index (Phi) is 3.20. The Morgan fingerprint density at radius 1 is 1.42 bits per heavy atom. The smallest absolute Gasteiger partial charge is 0.220 e. The third-order valence-corrected chi connectivity index (χ3v) is 3.95. The lowest BCUT2D eigenvalue weighted by molar-refractivity contribution is -0.124. The second-order valence-corrected chi connectivity index (χ2v) is 5.11. The number of nitrogen functional groups attached to an aromatic ring is 1. The zero-order valence-electron chi connectivity index (χ0n) is 10.7. The minimum atomic E-state index is 0.186. The Bertz CT molecular complexity index is 479. The molecular formula is C12H18N6O. The van der Waals surface area contributed by atoms with E-state index in [1.54, 1.807) is 0 Å². The summed E-state index contributed by atoms with van der Waals surface area (Å²) in [4.78, 5) is 21.9. The van der Waals surface area contributed by atoms with Crippen LogP contribution in [0.5, 0.6) is 0 Å². The molecule has 1 aromatic rings. The van der Waals surface area contributed by atoms with E-state index >= 15 is 0 Å².